The fourth-order valence-electron chi connectivity index (χ4n) is 3.68. The molecule has 0 saturated carbocycles. The second-order valence-electron chi connectivity index (χ2n) is 6.47. The molecule has 1 aromatic rings. The van der Waals surface area contributed by atoms with Gasteiger partial charge >= 0.3 is 0 Å². The highest BCUT2D eigenvalue weighted by atomic mass is 19.1. The molecule has 2 fully saturated rings. The lowest BCUT2D eigenvalue weighted by Crippen LogP contribution is -2.58. The lowest BCUT2D eigenvalue weighted by atomic mass is 9.96. The normalized spacial score (nSPS) is 26.5. The first kappa shape index (κ1) is 14.7. The number of rotatable bonds is 2. The summed E-state index contributed by atoms with van der Waals surface area (Å²) in [6.45, 7) is 6.62. The molecular weight excluding hydrogens is 277 g/mol. The van der Waals surface area contributed by atoms with Gasteiger partial charge in [-0.05, 0) is 25.3 Å². The summed E-state index contributed by atoms with van der Waals surface area (Å²) in [5.41, 5.74) is -0.0679. The zero-order valence-corrected chi connectivity index (χ0v) is 12.5. The Bertz CT molecular complexity index is 509. The van der Waals surface area contributed by atoms with Gasteiger partial charge in [-0.2, -0.15) is 0 Å². The van der Waals surface area contributed by atoms with E-state index in [9.17, 15) is 13.2 Å². The molecule has 5 heteroatoms. The molecule has 116 valence electrons. The van der Waals surface area contributed by atoms with Crippen molar-refractivity contribution in [3.8, 4) is 0 Å². The van der Waals surface area contributed by atoms with Crippen molar-refractivity contribution in [1.82, 2.24) is 4.90 Å². The van der Waals surface area contributed by atoms with E-state index in [2.05, 4.69) is 18.7 Å². The van der Waals surface area contributed by atoms with E-state index < -0.39 is 17.5 Å². The molecule has 2 heterocycles. The van der Waals surface area contributed by atoms with E-state index in [0.29, 0.717) is 12.6 Å². The van der Waals surface area contributed by atoms with E-state index in [-0.39, 0.29) is 17.6 Å². The van der Waals surface area contributed by atoms with Gasteiger partial charge in [-0.3, -0.25) is 4.90 Å². The first-order chi connectivity index (χ1) is 9.97. The van der Waals surface area contributed by atoms with Crippen molar-refractivity contribution < 1.29 is 13.2 Å². The van der Waals surface area contributed by atoms with Crippen LogP contribution in [0.1, 0.15) is 26.7 Å². The number of halogens is 3. The molecule has 0 N–H and O–H groups in total. The number of benzene rings is 1. The van der Waals surface area contributed by atoms with Crippen LogP contribution in [0.5, 0.6) is 0 Å². The smallest absolute Gasteiger partial charge is 0.152 e. The fraction of sp³-hybridized carbons (Fsp3) is 0.625. The Labute approximate surface area is 123 Å². The van der Waals surface area contributed by atoms with Crippen LogP contribution in [0, 0.1) is 23.4 Å². The van der Waals surface area contributed by atoms with Crippen LogP contribution in [-0.2, 0) is 0 Å². The number of hydrogen-bond acceptors (Lipinski definition) is 2. The van der Waals surface area contributed by atoms with Crippen molar-refractivity contribution >= 4 is 5.69 Å². The molecule has 1 aromatic carbocycles. The molecule has 0 aliphatic carbocycles. The van der Waals surface area contributed by atoms with Gasteiger partial charge in [0.15, 0.2) is 11.6 Å². The predicted octanol–water partition coefficient (Wildman–Crippen LogP) is 3.41. The maximum absolute atomic E-state index is 14.1. The van der Waals surface area contributed by atoms with Crippen molar-refractivity contribution in [2.45, 2.75) is 38.8 Å². The quantitative estimate of drug-likeness (QED) is 0.825. The first-order valence-electron chi connectivity index (χ1n) is 7.62. The Morgan fingerprint density at radius 3 is 2.38 bits per heavy atom. The lowest BCUT2D eigenvalue weighted by molar-refractivity contribution is 0.175. The van der Waals surface area contributed by atoms with Crippen LogP contribution in [0.4, 0.5) is 18.9 Å². The summed E-state index contributed by atoms with van der Waals surface area (Å²) in [6.07, 6.45) is 2.20. The summed E-state index contributed by atoms with van der Waals surface area (Å²) in [7, 11) is 0. The molecular formula is C16H21F3N2. The number of hydrogen-bond donors (Lipinski definition) is 0. The maximum Gasteiger partial charge on any atom is 0.152 e. The van der Waals surface area contributed by atoms with E-state index in [0.717, 1.165) is 38.1 Å². The Balaban J connectivity index is 1.98. The van der Waals surface area contributed by atoms with Crippen molar-refractivity contribution in [1.29, 1.82) is 0 Å². The molecule has 2 atom stereocenters. The molecule has 0 radical (unpaired) electrons. The predicted molar refractivity (Wildman–Crippen MR) is 76.9 cm³/mol. The summed E-state index contributed by atoms with van der Waals surface area (Å²) >= 11 is 0. The van der Waals surface area contributed by atoms with Crippen LogP contribution >= 0.6 is 0 Å². The molecule has 2 aliphatic heterocycles. The number of fused-ring (bicyclic) bond motifs is 1. The van der Waals surface area contributed by atoms with Gasteiger partial charge < -0.3 is 4.90 Å². The van der Waals surface area contributed by atoms with E-state index >= 15 is 0 Å². The van der Waals surface area contributed by atoms with Crippen molar-refractivity contribution in [3.63, 3.8) is 0 Å². The first-order valence-corrected chi connectivity index (χ1v) is 7.62. The molecule has 2 nitrogen and oxygen atoms in total. The standard InChI is InChI=1S/C16H21F3N2/c1-10(2)15-9-20-5-3-4-12(20)8-21(15)16-13(18)6-11(17)7-14(16)19/h6-7,10,12,15H,3-5,8-9H2,1-2H3. The largest absolute Gasteiger partial charge is 0.361 e. The van der Waals surface area contributed by atoms with Gasteiger partial charge in [0, 0.05) is 37.3 Å². The van der Waals surface area contributed by atoms with Crippen LogP contribution < -0.4 is 4.90 Å². The third kappa shape index (κ3) is 2.63. The second-order valence-corrected chi connectivity index (χ2v) is 6.47. The molecule has 0 spiro atoms. The monoisotopic (exact) mass is 298 g/mol. The SMILES string of the molecule is CC(C)C1CN2CCCC2CN1c1c(F)cc(F)cc1F. The second kappa shape index (κ2) is 5.52. The average Bonchev–Trinajstić information content (AvgIpc) is 2.83. The molecule has 2 saturated heterocycles. The summed E-state index contributed by atoms with van der Waals surface area (Å²) in [4.78, 5) is 4.24. The summed E-state index contributed by atoms with van der Waals surface area (Å²) in [5.74, 6) is -2.20. The Hall–Kier alpha value is -1.23. The molecule has 2 aliphatic rings. The van der Waals surface area contributed by atoms with E-state index in [1.54, 1.807) is 0 Å². The molecule has 0 bridgehead atoms. The van der Waals surface area contributed by atoms with Crippen molar-refractivity contribution in [3.05, 3.63) is 29.6 Å². The van der Waals surface area contributed by atoms with Crippen LogP contribution in [-0.4, -0.2) is 36.6 Å². The minimum Gasteiger partial charge on any atom is -0.361 e. The number of anilines is 1. The maximum atomic E-state index is 14.1. The highest BCUT2D eigenvalue weighted by Gasteiger charge is 2.39. The van der Waals surface area contributed by atoms with Crippen LogP contribution in [0.25, 0.3) is 0 Å². The average molecular weight is 298 g/mol. The van der Waals surface area contributed by atoms with Crippen molar-refractivity contribution in [2.24, 2.45) is 5.92 Å². The van der Waals surface area contributed by atoms with Gasteiger partial charge in [-0.1, -0.05) is 13.8 Å². The lowest BCUT2D eigenvalue weighted by Gasteiger charge is -2.46. The van der Waals surface area contributed by atoms with E-state index in [4.69, 9.17) is 0 Å². The van der Waals surface area contributed by atoms with Gasteiger partial charge in [0.2, 0.25) is 0 Å². The third-order valence-corrected chi connectivity index (χ3v) is 4.77. The van der Waals surface area contributed by atoms with Crippen molar-refractivity contribution in [2.75, 3.05) is 24.5 Å². The van der Waals surface area contributed by atoms with E-state index in [1.807, 2.05) is 4.90 Å². The van der Waals surface area contributed by atoms with Gasteiger partial charge in [-0.25, -0.2) is 13.2 Å². The zero-order chi connectivity index (χ0) is 15.1. The van der Waals surface area contributed by atoms with Crippen LogP contribution in [0.15, 0.2) is 12.1 Å². The van der Waals surface area contributed by atoms with Crippen LogP contribution in [0.2, 0.25) is 0 Å². The minimum absolute atomic E-state index is 0.0498. The topological polar surface area (TPSA) is 6.48 Å². The van der Waals surface area contributed by atoms with Crippen LogP contribution in [0.3, 0.4) is 0 Å². The zero-order valence-electron chi connectivity index (χ0n) is 12.5. The van der Waals surface area contributed by atoms with Gasteiger partial charge in [-0.15, -0.1) is 0 Å². The summed E-state index contributed by atoms with van der Waals surface area (Å²) in [5, 5.41) is 0. The molecule has 21 heavy (non-hydrogen) atoms. The van der Waals surface area contributed by atoms with Gasteiger partial charge in [0.1, 0.15) is 11.5 Å². The molecule has 2 unspecified atom stereocenters. The highest BCUT2D eigenvalue weighted by Crippen LogP contribution is 2.34. The Kier molecular flexibility index (Phi) is 3.86. The third-order valence-electron chi connectivity index (χ3n) is 4.77. The molecule has 0 aromatic heterocycles. The minimum atomic E-state index is -0.866. The Morgan fingerprint density at radius 1 is 1.10 bits per heavy atom. The molecule has 0 amide bonds. The summed E-state index contributed by atoms with van der Waals surface area (Å²) < 4.78 is 41.4. The molecule has 3 rings (SSSR count). The number of piperazine rings is 1. The van der Waals surface area contributed by atoms with E-state index in [1.165, 1.54) is 0 Å². The summed E-state index contributed by atoms with van der Waals surface area (Å²) in [6, 6.07) is 1.95. The van der Waals surface area contributed by atoms with Gasteiger partial charge in [0.25, 0.3) is 0 Å². The number of nitrogens with zero attached hydrogens (tertiary/aromatic N) is 2. The Morgan fingerprint density at radius 2 is 1.76 bits per heavy atom. The van der Waals surface area contributed by atoms with Gasteiger partial charge in [0.05, 0.1) is 0 Å². The highest BCUT2D eigenvalue weighted by molar-refractivity contribution is 5.51. The fourth-order valence-corrected chi connectivity index (χ4v) is 3.68.